The first-order valence-corrected chi connectivity index (χ1v) is 3.99. The number of carboxylic acids is 1. The minimum Gasteiger partial charge on any atom is -0.481 e. The number of amides is 1. The molecule has 1 aliphatic carbocycles. The highest BCUT2D eigenvalue weighted by Crippen LogP contribution is 2.39. The summed E-state index contributed by atoms with van der Waals surface area (Å²) in [5, 5.41) is 8.57. The lowest BCUT2D eigenvalue weighted by molar-refractivity contribution is -0.141. The Hall–Kier alpha value is -1.50. The van der Waals surface area contributed by atoms with E-state index < -0.39 is 11.9 Å². The number of aliphatic carboxylic acids is 1. The molecule has 0 heterocycles. The van der Waals surface area contributed by atoms with Crippen molar-refractivity contribution in [1.29, 1.82) is 0 Å². The second kappa shape index (κ2) is 3.48. The highest BCUT2D eigenvalue weighted by molar-refractivity contribution is 5.89. The molecule has 2 atom stereocenters. The number of hydrogen-bond donors (Lipinski definition) is 1. The van der Waals surface area contributed by atoms with Gasteiger partial charge in [0.2, 0.25) is 5.91 Å². The van der Waals surface area contributed by atoms with Gasteiger partial charge < -0.3 is 10.0 Å². The summed E-state index contributed by atoms with van der Waals surface area (Å²) in [7, 11) is 1.58. The molecule has 0 aromatic rings. The molecule has 0 saturated heterocycles. The molecule has 0 spiro atoms. The maximum absolute atomic E-state index is 11.4. The van der Waals surface area contributed by atoms with E-state index >= 15 is 0 Å². The summed E-state index contributed by atoms with van der Waals surface area (Å²) < 4.78 is 0. The quantitative estimate of drug-likeness (QED) is 0.613. The maximum Gasteiger partial charge on any atom is 0.307 e. The van der Waals surface area contributed by atoms with Crippen molar-refractivity contribution in [2.45, 2.75) is 6.42 Å². The van der Waals surface area contributed by atoms with Crippen molar-refractivity contribution in [3.63, 3.8) is 0 Å². The van der Waals surface area contributed by atoms with Crippen molar-refractivity contribution in [1.82, 2.24) is 4.90 Å². The van der Waals surface area contributed by atoms with Gasteiger partial charge >= 0.3 is 5.97 Å². The average molecular weight is 181 g/mol. The largest absolute Gasteiger partial charge is 0.481 e. The van der Waals surface area contributed by atoms with Crippen LogP contribution in [0.25, 0.3) is 0 Å². The van der Waals surface area contributed by atoms with E-state index in [1.165, 1.54) is 4.90 Å². The number of nitrogens with zero attached hydrogens (tertiary/aromatic N) is 1. The lowest BCUT2D eigenvalue weighted by Crippen LogP contribution is -2.29. The third-order valence-electron chi connectivity index (χ3n) is 2.13. The first-order chi connectivity index (χ1) is 6.07. The summed E-state index contributed by atoms with van der Waals surface area (Å²) >= 11 is 0. The zero-order valence-corrected chi connectivity index (χ0v) is 7.36. The molecule has 1 rings (SSSR count). The summed E-state index contributed by atoms with van der Waals surface area (Å²) in [5.41, 5.74) is 0. The van der Waals surface area contributed by atoms with E-state index in [1.807, 2.05) is 0 Å². The summed E-state index contributed by atoms with van der Waals surface area (Å²) in [6, 6.07) is 0. The van der Waals surface area contributed by atoms with Crippen LogP contribution < -0.4 is 0 Å². The van der Waals surface area contributed by atoms with Crippen LogP contribution in [0.5, 0.6) is 0 Å². The van der Waals surface area contributed by atoms with E-state index in [0.717, 1.165) is 0 Å². The van der Waals surface area contributed by atoms with Gasteiger partial charge in [-0.15, -0.1) is 6.42 Å². The summed E-state index contributed by atoms with van der Waals surface area (Å²) in [4.78, 5) is 23.2. The lowest BCUT2D eigenvalue weighted by atomic mass is 10.3. The van der Waals surface area contributed by atoms with E-state index in [9.17, 15) is 9.59 Å². The van der Waals surface area contributed by atoms with Crippen LogP contribution in [0.15, 0.2) is 0 Å². The second-order valence-electron chi connectivity index (χ2n) is 3.19. The monoisotopic (exact) mass is 181 g/mol. The number of terminal acetylenes is 1. The van der Waals surface area contributed by atoms with Gasteiger partial charge in [0.15, 0.2) is 0 Å². The molecular formula is C9H11NO3. The topological polar surface area (TPSA) is 57.6 Å². The molecule has 1 saturated carbocycles. The SMILES string of the molecule is C#CCN(C)C(=O)C1CC1C(=O)O. The Morgan fingerprint density at radius 2 is 2.23 bits per heavy atom. The summed E-state index contributed by atoms with van der Waals surface area (Å²) in [5.74, 6) is 0.431. The molecule has 13 heavy (non-hydrogen) atoms. The van der Waals surface area contributed by atoms with Gasteiger partial charge in [-0.3, -0.25) is 9.59 Å². The molecular weight excluding hydrogens is 170 g/mol. The molecule has 0 radical (unpaired) electrons. The van der Waals surface area contributed by atoms with Crippen molar-refractivity contribution in [3.8, 4) is 12.3 Å². The molecule has 0 aromatic heterocycles. The minimum absolute atomic E-state index is 0.162. The fourth-order valence-electron chi connectivity index (χ4n) is 1.24. The fraction of sp³-hybridized carbons (Fsp3) is 0.556. The van der Waals surface area contributed by atoms with Gasteiger partial charge in [-0.1, -0.05) is 5.92 Å². The zero-order valence-electron chi connectivity index (χ0n) is 7.36. The van der Waals surface area contributed by atoms with Crippen LogP contribution in [-0.4, -0.2) is 35.5 Å². The Kier molecular flexibility index (Phi) is 2.57. The highest BCUT2D eigenvalue weighted by Gasteiger charge is 2.49. The number of carboxylic acid groups (broad SMARTS) is 1. The van der Waals surface area contributed by atoms with Crippen LogP contribution in [0.3, 0.4) is 0 Å². The number of rotatable bonds is 3. The van der Waals surface area contributed by atoms with E-state index in [4.69, 9.17) is 11.5 Å². The predicted molar refractivity (Wildman–Crippen MR) is 45.7 cm³/mol. The third kappa shape index (κ3) is 2.00. The number of carbonyl (C=O) groups is 2. The van der Waals surface area contributed by atoms with E-state index in [1.54, 1.807) is 7.05 Å². The Labute approximate surface area is 76.5 Å². The molecule has 0 aliphatic heterocycles. The van der Waals surface area contributed by atoms with Crippen LogP contribution >= 0.6 is 0 Å². The minimum atomic E-state index is -0.896. The van der Waals surface area contributed by atoms with E-state index in [-0.39, 0.29) is 18.4 Å². The lowest BCUT2D eigenvalue weighted by Gasteiger charge is -2.12. The Morgan fingerprint density at radius 1 is 1.62 bits per heavy atom. The molecule has 1 amide bonds. The van der Waals surface area contributed by atoms with Gasteiger partial charge in [-0.2, -0.15) is 0 Å². The van der Waals surface area contributed by atoms with Gasteiger partial charge in [0.05, 0.1) is 18.4 Å². The summed E-state index contributed by atoms with van der Waals surface area (Å²) in [6.45, 7) is 0.238. The van der Waals surface area contributed by atoms with Crippen LogP contribution in [0, 0.1) is 24.2 Å². The van der Waals surface area contributed by atoms with Crippen LogP contribution in [0.2, 0.25) is 0 Å². The van der Waals surface area contributed by atoms with Crippen LogP contribution in [-0.2, 0) is 9.59 Å². The van der Waals surface area contributed by atoms with Gasteiger partial charge in [0, 0.05) is 7.05 Å². The molecule has 4 nitrogen and oxygen atoms in total. The number of carbonyl (C=O) groups excluding carboxylic acids is 1. The van der Waals surface area contributed by atoms with Crippen molar-refractivity contribution in [2.75, 3.05) is 13.6 Å². The van der Waals surface area contributed by atoms with Crippen molar-refractivity contribution in [2.24, 2.45) is 11.8 Å². The molecule has 1 aliphatic rings. The molecule has 0 bridgehead atoms. The van der Waals surface area contributed by atoms with E-state index in [0.29, 0.717) is 6.42 Å². The Morgan fingerprint density at radius 3 is 2.62 bits per heavy atom. The standard InChI is InChI=1S/C9H11NO3/c1-3-4-10(2)8(11)6-5-7(6)9(12)13/h1,6-7H,4-5H2,2H3,(H,12,13). The smallest absolute Gasteiger partial charge is 0.307 e. The second-order valence-corrected chi connectivity index (χ2v) is 3.19. The van der Waals surface area contributed by atoms with E-state index in [2.05, 4.69) is 5.92 Å². The van der Waals surface area contributed by atoms with Crippen LogP contribution in [0.4, 0.5) is 0 Å². The first kappa shape index (κ1) is 9.59. The average Bonchev–Trinajstić information content (AvgIpc) is 2.82. The molecule has 70 valence electrons. The fourth-order valence-corrected chi connectivity index (χ4v) is 1.24. The van der Waals surface area contributed by atoms with Gasteiger partial charge in [-0.25, -0.2) is 0 Å². The zero-order chi connectivity index (χ0) is 10.0. The van der Waals surface area contributed by atoms with Crippen molar-refractivity contribution >= 4 is 11.9 Å². The normalized spacial score (nSPS) is 24.6. The molecule has 1 fully saturated rings. The number of hydrogen-bond acceptors (Lipinski definition) is 2. The Balaban J connectivity index is 2.44. The molecule has 0 aromatic carbocycles. The first-order valence-electron chi connectivity index (χ1n) is 3.99. The van der Waals surface area contributed by atoms with Crippen molar-refractivity contribution in [3.05, 3.63) is 0 Å². The van der Waals surface area contributed by atoms with Gasteiger partial charge in [-0.05, 0) is 6.42 Å². The van der Waals surface area contributed by atoms with Crippen LogP contribution in [0.1, 0.15) is 6.42 Å². The maximum atomic E-state index is 11.4. The Bertz CT molecular complexity index is 279. The molecule has 4 heteroatoms. The van der Waals surface area contributed by atoms with Gasteiger partial charge in [0.1, 0.15) is 0 Å². The highest BCUT2D eigenvalue weighted by atomic mass is 16.4. The summed E-state index contributed by atoms with van der Waals surface area (Å²) in [6.07, 6.45) is 5.47. The van der Waals surface area contributed by atoms with Crippen molar-refractivity contribution < 1.29 is 14.7 Å². The molecule has 2 unspecified atom stereocenters. The molecule has 1 N–H and O–H groups in total. The van der Waals surface area contributed by atoms with Gasteiger partial charge in [0.25, 0.3) is 0 Å². The predicted octanol–water partition coefficient (Wildman–Crippen LogP) is -0.201. The third-order valence-corrected chi connectivity index (χ3v) is 2.13.